The van der Waals surface area contributed by atoms with Crippen LogP contribution in [0.2, 0.25) is 0 Å². The molecule has 1 aromatic carbocycles. The van der Waals surface area contributed by atoms with E-state index in [0.717, 1.165) is 18.8 Å². The Morgan fingerprint density at radius 3 is 2.20 bits per heavy atom. The highest BCUT2D eigenvalue weighted by Crippen LogP contribution is 2.22. The molecule has 0 radical (unpaired) electrons. The van der Waals surface area contributed by atoms with Crippen LogP contribution in [0.25, 0.3) is 0 Å². The molecule has 1 unspecified atom stereocenters. The third-order valence-electron chi connectivity index (χ3n) is 4.09. The Labute approximate surface area is 150 Å². The fourth-order valence-electron chi connectivity index (χ4n) is 2.83. The van der Waals surface area contributed by atoms with Crippen LogP contribution in [-0.2, 0) is 4.79 Å². The summed E-state index contributed by atoms with van der Waals surface area (Å²) < 4.78 is 0. The van der Waals surface area contributed by atoms with Crippen LogP contribution in [-0.4, -0.2) is 36.6 Å². The lowest BCUT2D eigenvalue weighted by atomic mass is 10.1. The molecule has 0 aliphatic carbocycles. The van der Waals surface area contributed by atoms with E-state index in [0.29, 0.717) is 0 Å². The molecule has 3 amide bonds. The van der Waals surface area contributed by atoms with Gasteiger partial charge in [-0.05, 0) is 71.2 Å². The van der Waals surface area contributed by atoms with Crippen molar-refractivity contribution in [3.05, 3.63) is 24.3 Å². The minimum absolute atomic E-state index is 0.359. The van der Waals surface area contributed by atoms with Crippen LogP contribution in [0.15, 0.2) is 24.3 Å². The number of anilines is 2. The summed E-state index contributed by atoms with van der Waals surface area (Å²) in [5.41, 5.74) is 1.69. The average molecular weight is 346 g/mol. The second-order valence-electron chi connectivity index (χ2n) is 7.65. The molecule has 1 fully saturated rings. The smallest absolute Gasteiger partial charge is 0.321 e. The van der Waals surface area contributed by atoms with Gasteiger partial charge in [-0.1, -0.05) is 0 Å². The summed E-state index contributed by atoms with van der Waals surface area (Å²) in [6.07, 6.45) is 3.80. The summed E-state index contributed by atoms with van der Waals surface area (Å²) in [5.74, 6) is -0.359. The van der Waals surface area contributed by atoms with Gasteiger partial charge in [-0.2, -0.15) is 0 Å². The molecule has 3 N–H and O–H groups in total. The van der Waals surface area contributed by atoms with E-state index in [-0.39, 0.29) is 11.4 Å². The van der Waals surface area contributed by atoms with Gasteiger partial charge in [-0.15, -0.1) is 0 Å². The predicted octanol–water partition coefficient (Wildman–Crippen LogP) is 3.10. The quantitative estimate of drug-likeness (QED) is 0.783. The fraction of sp³-hybridized carbons (Fsp3) is 0.579. The zero-order chi connectivity index (χ0) is 18.4. The van der Waals surface area contributed by atoms with Crippen LogP contribution >= 0.6 is 0 Å². The summed E-state index contributed by atoms with van der Waals surface area (Å²) in [6, 6.07) is 7.11. The fourth-order valence-corrected chi connectivity index (χ4v) is 2.83. The van der Waals surface area contributed by atoms with Gasteiger partial charge in [0.15, 0.2) is 0 Å². The molecule has 0 spiro atoms. The lowest BCUT2D eigenvalue weighted by Crippen LogP contribution is -2.51. The summed E-state index contributed by atoms with van der Waals surface area (Å²) in [7, 11) is 0. The van der Waals surface area contributed by atoms with E-state index in [1.807, 2.05) is 32.9 Å². The maximum Gasteiger partial charge on any atom is 0.321 e. The minimum atomic E-state index is -0.508. The molecule has 6 heteroatoms. The molecule has 1 aromatic rings. The van der Waals surface area contributed by atoms with E-state index in [4.69, 9.17) is 0 Å². The number of nitrogens with zero attached hydrogens (tertiary/aromatic N) is 1. The van der Waals surface area contributed by atoms with Crippen molar-refractivity contribution in [2.75, 3.05) is 23.3 Å². The summed E-state index contributed by atoms with van der Waals surface area (Å²) >= 11 is 0. The van der Waals surface area contributed by atoms with Crippen LogP contribution in [0.4, 0.5) is 16.2 Å². The zero-order valence-corrected chi connectivity index (χ0v) is 15.7. The number of piperidine rings is 1. The van der Waals surface area contributed by atoms with Crippen LogP contribution in [0, 0.1) is 0 Å². The van der Waals surface area contributed by atoms with E-state index in [2.05, 4.69) is 33.0 Å². The largest absolute Gasteiger partial charge is 0.374 e. The SMILES string of the molecule is CC(Nc1ccc(N2CCCCC2)cc1)C(=O)NC(=O)NC(C)(C)C. The number of hydrogen-bond acceptors (Lipinski definition) is 4. The number of imide groups is 1. The summed E-state index contributed by atoms with van der Waals surface area (Å²) in [5, 5.41) is 8.20. The van der Waals surface area contributed by atoms with Crippen molar-refractivity contribution in [2.45, 2.75) is 58.5 Å². The highest BCUT2D eigenvalue weighted by molar-refractivity contribution is 5.98. The van der Waals surface area contributed by atoms with E-state index in [1.165, 1.54) is 24.9 Å². The molecule has 0 bridgehead atoms. The van der Waals surface area contributed by atoms with Crippen LogP contribution in [0.3, 0.4) is 0 Å². The molecule has 1 aliphatic heterocycles. The first kappa shape index (κ1) is 19.1. The number of urea groups is 1. The first-order valence-electron chi connectivity index (χ1n) is 8.99. The molecule has 138 valence electrons. The van der Waals surface area contributed by atoms with Crippen molar-refractivity contribution in [1.29, 1.82) is 0 Å². The van der Waals surface area contributed by atoms with Gasteiger partial charge in [0.25, 0.3) is 0 Å². The van der Waals surface area contributed by atoms with Crippen molar-refractivity contribution in [2.24, 2.45) is 0 Å². The van der Waals surface area contributed by atoms with E-state index in [1.54, 1.807) is 6.92 Å². The van der Waals surface area contributed by atoms with Gasteiger partial charge in [0, 0.05) is 30.0 Å². The van der Waals surface area contributed by atoms with Crippen LogP contribution in [0.1, 0.15) is 47.0 Å². The number of carbonyl (C=O) groups is 2. The highest BCUT2D eigenvalue weighted by Gasteiger charge is 2.19. The molecule has 0 aromatic heterocycles. The Kier molecular flexibility index (Phi) is 6.28. The van der Waals surface area contributed by atoms with Gasteiger partial charge in [-0.25, -0.2) is 4.79 Å². The molecule has 6 nitrogen and oxygen atoms in total. The van der Waals surface area contributed by atoms with Gasteiger partial charge in [0.1, 0.15) is 6.04 Å². The molecule has 25 heavy (non-hydrogen) atoms. The third-order valence-corrected chi connectivity index (χ3v) is 4.09. The molecule has 2 rings (SSSR count). The molecule has 1 saturated heterocycles. The Balaban J connectivity index is 1.86. The van der Waals surface area contributed by atoms with Gasteiger partial charge in [0.05, 0.1) is 0 Å². The lowest BCUT2D eigenvalue weighted by molar-refractivity contribution is -0.120. The summed E-state index contributed by atoms with van der Waals surface area (Å²) in [4.78, 5) is 26.3. The molecule has 0 saturated carbocycles. The van der Waals surface area contributed by atoms with E-state index in [9.17, 15) is 9.59 Å². The Morgan fingerprint density at radius 2 is 1.64 bits per heavy atom. The third kappa shape index (κ3) is 6.29. The van der Waals surface area contributed by atoms with Crippen LogP contribution < -0.4 is 20.9 Å². The Bertz CT molecular complexity index is 586. The average Bonchev–Trinajstić information content (AvgIpc) is 2.54. The number of hydrogen-bond donors (Lipinski definition) is 3. The van der Waals surface area contributed by atoms with Crippen molar-refractivity contribution in [3.63, 3.8) is 0 Å². The highest BCUT2D eigenvalue weighted by atomic mass is 16.2. The lowest BCUT2D eigenvalue weighted by Gasteiger charge is -2.29. The minimum Gasteiger partial charge on any atom is -0.374 e. The second kappa shape index (κ2) is 8.23. The van der Waals surface area contributed by atoms with Gasteiger partial charge in [0.2, 0.25) is 5.91 Å². The first-order valence-corrected chi connectivity index (χ1v) is 8.99. The van der Waals surface area contributed by atoms with Gasteiger partial charge < -0.3 is 15.5 Å². The molecule has 1 atom stereocenters. The normalized spacial score (nSPS) is 16.1. The molecule has 1 aliphatic rings. The molecular formula is C19H30N4O2. The molecular weight excluding hydrogens is 316 g/mol. The van der Waals surface area contributed by atoms with E-state index >= 15 is 0 Å². The van der Waals surface area contributed by atoms with E-state index < -0.39 is 12.1 Å². The maximum absolute atomic E-state index is 12.1. The number of carbonyl (C=O) groups excluding carboxylic acids is 2. The number of nitrogens with one attached hydrogen (secondary N) is 3. The molecule has 1 heterocycles. The summed E-state index contributed by atoms with van der Waals surface area (Å²) in [6.45, 7) is 9.54. The van der Waals surface area contributed by atoms with Crippen molar-refractivity contribution < 1.29 is 9.59 Å². The first-order chi connectivity index (χ1) is 11.7. The van der Waals surface area contributed by atoms with Crippen LogP contribution in [0.5, 0.6) is 0 Å². The number of benzene rings is 1. The Morgan fingerprint density at radius 1 is 1.04 bits per heavy atom. The monoisotopic (exact) mass is 346 g/mol. The second-order valence-corrected chi connectivity index (χ2v) is 7.65. The van der Waals surface area contributed by atoms with Gasteiger partial charge in [-0.3, -0.25) is 10.1 Å². The van der Waals surface area contributed by atoms with Crippen molar-refractivity contribution >= 4 is 23.3 Å². The maximum atomic E-state index is 12.1. The topological polar surface area (TPSA) is 73.5 Å². The number of amides is 3. The number of rotatable bonds is 4. The zero-order valence-electron chi connectivity index (χ0n) is 15.7. The standard InChI is InChI=1S/C19H30N4O2/c1-14(17(24)21-18(25)22-19(2,3)4)20-15-8-10-16(11-9-15)23-12-6-5-7-13-23/h8-11,14,20H,5-7,12-13H2,1-4H3,(H2,21,22,24,25). The van der Waals surface area contributed by atoms with Gasteiger partial charge >= 0.3 is 6.03 Å². The Hall–Kier alpha value is -2.24. The van der Waals surface area contributed by atoms with Crippen molar-refractivity contribution in [3.8, 4) is 0 Å². The van der Waals surface area contributed by atoms with Crippen molar-refractivity contribution in [1.82, 2.24) is 10.6 Å². The predicted molar refractivity (Wildman–Crippen MR) is 102 cm³/mol.